The first-order valence-electron chi connectivity index (χ1n) is 4.81. The Bertz CT molecular complexity index is 561. The summed E-state index contributed by atoms with van der Waals surface area (Å²) >= 11 is 3.02. The van der Waals surface area contributed by atoms with Gasteiger partial charge in [0.05, 0.1) is 4.90 Å². The zero-order valence-corrected chi connectivity index (χ0v) is 11.5. The Morgan fingerprint density at radius 1 is 1.47 bits per heavy atom. The Morgan fingerprint density at radius 2 is 2.18 bits per heavy atom. The number of hydrogen-bond acceptors (Lipinski definition) is 2. The molecule has 0 aliphatic heterocycles. The van der Waals surface area contributed by atoms with Gasteiger partial charge in [0.25, 0.3) is 0 Å². The average molecular weight is 320 g/mol. The first kappa shape index (κ1) is 14.2. The van der Waals surface area contributed by atoms with E-state index in [1.165, 1.54) is 6.07 Å². The van der Waals surface area contributed by atoms with Gasteiger partial charge in [-0.2, -0.15) is 0 Å². The van der Waals surface area contributed by atoms with Crippen LogP contribution in [-0.4, -0.2) is 15.0 Å². The van der Waals surface area contributed by atoms with Crippen molar-refractivity contribution < 1.29 is 12.8 Å². The molecule has 6 heteroatoms. The molecule has 0 radical (unpaired) electrons. The van der Waals surface area contributed by atoms with Gasteiger partial charge in [0.1, 0.15) is 5.82 Å². The summed E-state index contributed by atoms with van der Waals surface area (Å²) in [6, 6.07) is 3.43. The van der Waals surface area contributed by atoms with Gasteiger partial charge in [-0.15, -0.1) is 11.8 Å². The number of sulfonamides is 1. The Hall–Kier alpha value is -0.900. The smallest absolute Gasteiger partial charge is 0.210 e. The Morgan fingerprint density at radius 3 is 2.76 bits per heavy atom. The van der Waals surface area contributed by atoms with Crippen LogP contribution >= 0.6 is 15.9 Å². The molecule has 1 aromatic carbocycles. The molecule has 0 aliphatic carbocycles. The van der Waals surface area contributed by atoms with Gasteiger partial charge in [0.2, 0.25) is 10.0 Å². The lowest BCUT2D eigenvalue weighted by Crippen LogP contribution is -2.25. The molecule has 0 heterocycles. The molecule has 0 unspecified atom stereocenters. The van der Waals surface area contributed by atoms with Crippen molar-refractivity contribution in [2.75, 3.05) is 6.54 Å². The van der Waals surface area contributed by atoms with Crippen LogP contribution in [-0.2, 0) is 10.0 Å². The van der Waals surface area contributed by atoms with Crippen molar-refractivity contribution in [3.05, 3.63) is 28.5 Å². The first-order valence-corrected chi connectivity index (χ1v) is 7.09. The van der Waals surface area contributed by atoms with E-state index in [1.807, 2.05) is 0 Å². The molecule has 1 rings (SSSR count). The summed E-state index contributed by atoms with van der Waals surface area (Å²) in [6.07, 6.45) is 0.439. The van der Waals surface area contributed by atoms with Gasteiger partial charge in [0, 0.05) is 17.4 Å². The molecule has 17 heavy (non-hydrogen) atoms. The number of nitrogens with one attached hydrogen (secondary N) is 1. The van der Waals surface area contributed by atoms with Crippen molar-refractivity contribution in [3.63, 3.8) is 0 Å². The summed E-state index contributed by atoms with van der Waals surface area (Å²) in [5, 5.41) is 0. The van der Waals surface area contributed by atoms with Crippen molar-refractivity contribution in [1.82, 2.24) is 4.72 Å². The van der Waals surface area contributed by atoms with Crippen molar-refractivity contribution in [1.29, 1.82) is 0 Å². The average Bonchev–Trinajstić information content (AvgIpc) is 2.24. The molecule has 0 saturated heterocycles. The zero-order valence-electron chi connectivity index (χ0n) is 9.13. The van der Waals surface area contributed by atoms with Crippen LogP contribution in [0.3, 0.4) is 0 Å². The third kappa shape index (κ3) is 4.11. The number of rotatable bonds is 4. The molecule has 1 aromatic rings. The molecule has 0 amide bonds. The maximum atomic E-state index is 12.8. The third-order valence-electron chi connectivity index (χ3n) is 1.90. The van der Waals surface area contributed by atoms with Gasteiger partial charge in [-0.1, -0.05) is 0 Å². The summed E-state index contributed by atoms with van der Waals surface area (Å²) in [5.74, 6) is 4.92. The van der Waals surface area contributed by atoms with E-state index in [-0.39, 0.29) is 15.9 Å². The maximum absolute atomic E-state index is 12.8. The summed E-state index contributed by atoms with van der Waals surface area (Å²) in [7, 11) is -3.62. The molecule has 92 valence electrons. The van der Waals surface area contributed by atoms with E-state index >= 15 is 0 Å². The minimum absolute atomic E-state index is 0.0170. The highest BCUT2D eigenvalue weighted by atomic mass is 79.9. The highest BCUT2D eigenvalue weighted by Crippen LogP contribution is 2.22. The number of benzene rings is 1. The minimum Gasteiger partial charge on any atom is -0.210 e. The van der Waals surface area contributed by atoms with E-state index < -0.39 is 15.8 Å². The largest absolute Gasteiger partial charge is 0.241 e. The molecule has 0 aliphatic rings. The zero-order chi connectivity index (χ0) is 12.9. The Labute approximate surface area is 109 Å². The first-order chi connectivity index (χ1) is 7.97. The third-order valence-corrected chi connectivity index (χ3v) is 4.34. The SMILES string of the molecule is CC#CCCNS(=O)(=O)c1ccc(F)cc1Br. The van der Waals surface area contributed by atoms with Crippen molar-refractivity contribution in [2.24, 2.45) is 0 Å². The Balaban J connectivity index is 2.85. The minimum atomic E-state index is -3.62. The fourth-order valence-corrected chi connectivity index (χ4v) is 3.22. The molecule has 0 fully saturated rings. The van der Waals surface area contributed by atoms with Crippen molar-refractivity contribution >= 4 is 26.0 Å². The van der Waals surface area contributed by atoms with E-state index in [0.29, 0.717) is 6.42 Å². The monoisotopic (exact) mass is 319 g/mol. The van der Waals surface area contributed by atoms with Gasteiger partial charge in [-0.3, -0.25) is 0 Å². The lowest BCUT2D eigenvalue weighted by Gasteiger charge is -2.07. The van der Waals surface area contributed by atoms with Crippen LogP contribution < -0.4 is 4.72 Å². The summed E-state index contributed by atoms with van der Waals surface area (Å²) in [5.41, 5.74) is 0. The second-order valence-electron chi connectivity index (χ2n) is 3.15. The van der Waals surface area contributed by atoms with Gasteiger partial charge < -0.3 is 0 Å². The summed E-state index contributed by atoms with van der Waals surface area (Å²) in [6.45, 7) is 1.91. The second kappa shape index (κ2) is 6.15. The van der Waals surface area contributed by atoms with Crippen LogP contribution in [0.1, 0.15) is 13.3 Å². The fraction of sp³-hybridized carbons (Fsp3) is 0.273. The normalized spacial score (nSPS) is 10.8. The van der Waals surface area contributed by atoms with Crippen molar-refractivity contribution in [2.45, 2.75) is 18.2 Å². The number of halogens is 2. The van der Waals surface area contributed by atoms with Crippen LogP contribution in [0.4, 0.5) is 4.39 Å². The van der Waals surface area contributed by atoms with Gasteiger partial charge >= 0.3 is 0 Å². The molecule has 0 saturated carbocycles. The van der Waals surface area contributed by atoms with Crippen LogP contribution in [0.5, 0.6) is 0 Å². The quantitative estimate of drug-likeness (QED) is 0.683. The van der Waals surface area contributed by atoms with E-state index in [1.54, 1.807) is 6.92 Å². The van der Waals surface area contributed by atoms with Crippen molar-refractivity contribution in [3.8, 4) is 11.8 Å². The molecule has 3 nitrogen and oxygen atoms in total. The van der Waals surface area contributed by atoms with E-state index in [2.05, 4.69) is 32.5 Å². The fourth-order valence-electron chi connectivity index (χ4n) is 1.14. The van der Waals surface area contributed by atoms with E-state index in [4.69, 9.17) is 0 Å². The standard InChI is InChI=1S/C11H11BrFNO2S/c1-2-3-4-7-14-17(15,16)11-6-5-9(13)8-10(11)12/h5-6,8,14H,4,7H2,1H3. The predicted molar refractivity (Wildman–Crippen MR) is 67.4 cm³/mol. The lowest BCUT2D eigenvalue weighted by molar-refractivity contribution is 0.581. The Kier molecular flexibility index (Phi) is 5.12. The predicted octanol–water partition coefficient (Wildman–Crippen LogP) is 2.28. The molecular weight excluding hydrogens is 309 g/mol. The molecule has 0 aromatic heterocycles. The topological polar surface area (TPSA) is 46.2 Å². The highest BCUT2D eigenvalue weighted by Gasteiger charge is 2.16. The summed E-state index contributed by atoms with van der Waals surface area (Å²) < 4.78 is 39.0. The molecular formula is C11H11BrFNO2S. The second-order valence-corrected chi connectivity index (χ2v) is 5.74. The van der Waals surface area contributed by atoms with Gasteiger partial charge in [-0.05, 0) is 41.1 Å². The van der Waals surface area contributed by atoms with Crippen LogP contribution in [0.25, 0.3) is 0 Å². The molecule has 0 bridgehead atoms. The van der Waals surface area contributed by atoms with Crippen LogP contribution in [0, 0.1) is 17.7 Å². The summed E-state index contributed by atoms with van der Waals surface area (Å²) in [4.78, 5) is 0.0170. The van der Waals surface area contributed by atoms with Gasteiger partial charge in [0.15, 0.2) is 0 Å². The maximum Gasteiger partial charge on any atom is 0.241 e. The molecule has 1 N–H and O–H groups in total. The molecule has 0 atom stereocenters. The van der Waals surface area contributed by atoms with Crippen LogP contribution in [0.15, 0.2) is 27.6 Å². The van der Waals surface area contributed by atoms with Crippen LogP contribution in [0.2, 0.25) is 0 Å². The van der Waals surface area contributed by atoms with E-state index in [0.717, 1.165) is 12.1 Å². The molecule has 0 spiro atoms. The van der Waals surface area contributed by atoms with E-state index in [9.17, 15) is 12.8 Å². The van der Waals surface area contributed by atoms with Gasteiger partial charge in [-0.25, -0.2) is 17.5 Å². The number of hydrogen-bond donors (Lipinski definition) is 1. The highest BCUT2D eigenvalue weighted by molar-refractivity contribution is 9.10. The lowest BCUT2D eigenvalue weighted by atomic mass is 10.3.